The molecule has 0 saturated carbocycles. The molecule has 9 heteroatoms. The highest BCUT2D eigenvalue weighted by Gasteiger charge is 2.42. The molecule has 0 spiro atoms. The molecule has 2 aliphatic heterocycles. The van der Waals surface area contributed by atoms with Crippen LogP contribution in [-0.4, -0.2) is 52.5 Å². The summed E-state index contributed by atoms with van der Waals surface area (Å²) in [6.45, 7) is 4.04. The van der Waals surface area contributed by atoms with Crippen molar-refractivity contribution >= 4 is 17.7 Å². The van der Waals surface area contributed by atoms with E-state index in [2.05, 4.69) is 6.58 Å². The van der Waals surface area contributed by atoms with Crippen LogP contribution in [0, 0.1) is 10.1 Å². The first-order valence-corrected chi connectivity index (χ1v) is 11.4. The fourth-order valence-corrected chi connectivity index (χ4v) is 4.60. The van der Waals surface area contributed by atoms with Gasteiger partial charge in [-0.2, -0.15) is 0 Å². The van der Waals surface area contributed by atoms with E-state index in [-0.39, 0.29) is 36.4 Å². The Kier molecular flexibility index (Phi) is 7.14. The predicted molar refractivity (Wildman–Crippen MR) is 129 cm³/mol. The molecule has 0 aliphatic carbocycles. The normalized spacial score (nSPS) is 18.4. The van der Waals surface area contributed by atoms with Crippen molar-refractivity contribution in [3.05, 3.63) is 94.2 Å². The van der Waals surface area contributed by atoms with Crippen LogP contribution in [0.1, 0.15) is 35.2 Å². The van der Waals surface area contributed by atoms with Crippen molar-refractivity contribution in [2.24, 2.45) is 0 Å². The average Bonchev–Trinajstić information content (AvgIpc) is 3.15. The van der Waals surface area contributed by atoms with Crippen LogP contribution in [0.3, 0.4) is 0 Å². The van der Waals surface area contributed by atoms with Crippen LogP contribution in [-0.2, 0) is 11.3 Å². The van der Waals surface area contributed by atoms with Crippen molar-refractivity contribution in [2.45, 2.75) is 37.9 Å². The molecule has 2 bridgehead atoms. The molecule has 2 aliphatic rings. The number of amides is 2. The van der Waals surface area contributed by atoms with E-state index in [0.717, 1.165) is 24.1 Å². The van der Waals surface area contributed by atoms with Crippen LogP contribution in [0.2, 0.25) is 0 Å². The van der Waals surface area contributed by atoms with Gasteiger partial charge in [-0.05, 0) is 48.7 Å². The second-order valence-corrected chi connectivity index (χ2v) is 8.48. The van der Waals surface area contributed by atoms with Crippen LogP contribution in [0.4, 0.5) is 10.5 Å². The lowest BCUT2D eigenvalue weighted by molar-refractivity contribution is -0.384. The number of benzene rings is 2. The largest absolute Gasteiger partial charge is 0.497 e. The third-order valence-electron chi connectivity index (χ3n) is 6.33. The SMILES string of the molecule is C=CCOC(=O)N1[C@H]2CC[C@@H]1C=C(N(Cc1ccc(OC)cc1)C(=O)c1ccc([N+](=O)[O-])cc1)C2. The summed E-state index contributed by atoms with van der Waals surface area (Å²) in [6, 6.07) is 12.8. The molecular weight excluding hydrogens is 450 g/mol. The molecule has 2 aromatic carbocycles. The van der Waals surface area contributed by atoms with E-state index in [1.165, 1.54) is 30.3 Å². The Labute approximate surface area is 203 Å². The highest BCUT2D eigenvalue weighted by Crippen LogP contribution is 2.37. The Hall–Kier alpha value is -4.14. The molecule has 2 heterocycles. The van der Waals surface area contributed by atoms with Gasteiger partial charge in [0, 0.05) is 35.9 Å². The lowest BCUT2D eigenvalue weighted by Gasteiger charge is -2.37. The van der Waals surface area contributed by atoms with Crippen molar-refractivity contribution in [1.29, 1.82) is 0 Å². The third-order valence-corrected chi connectivity index (χ3v) is 6.33. The van der Waals surface area contributed by atoms with Gasteiger partial charge in [-0.25, -0.2) is 4.79 Å². The summed E-state index contributed by atoms with van der Waals surface area (Å²) in [7, 11) is 1.59. The topological polar surface area (TPSA) is 102 Å². The molecule has 2 amide bonds. The van der Waals surface area contributed by atoms with Crippen molar-refractivity contribution < 1.29 is 24.0 Å². The van der Waals surface area contributed by atoms with E-state index in [9.17, 15) is 19.7 Å². The summed E-state index contributed by atoms with van der Waals surface area (Å²) in [6.07, 6.45) is 5.23. The summed E-state index contributed by atoms with van der Waals surface area (Å²) in [4.78, 5) is 40.2. The minimum absolute atomic E-state index is 0.0691. The second kappa shape index (κ2) is 10.4. The van der Waals surface area contributed by atoms with Gasteiger partial charge in [-0.3, -0.25) is 19.8 Å². The van der Waals surface area contributed by atoms with E-state index in [1.807, 2.05) is 30.3 Å². The van der Waals surface area contributed by atoms with Gasteiger partial charge < -0.3 is 14.4 Å². The summed E-state index contributed by atoms with van der Waals surface area (Å²) in [5.41, 5.74) is 2.00. The van der Waals surface area contributed by atoms with Gasteiger partial charge in [0.1, 0.15) is 12.4 Å². The number of non-ortho nitro benzene ring substituents is 1. The Morgan fingerprint density at radius 1 is 1.17 bits per heavy atom. The molecule has 0 unspecified atom stereocenters. The standard InChI is InChI=1S/C26H27N3O6/c1-3-14-35-26(31)28-21-10-11-22(28)16-23(15-21)27(17-18-4-12-24(34-2)13-5-18)25(30)19-6-8-20(9-7-19)29(32)33/h3-9,12-13,15,21-22H,1,10-11,14,16-17H2,2H3/t21-,22+/m1/s1. The number of nitro groups is 1. The highest BCUT2D eigenvalue weighted by molar-refractivity contribution is 5.95. The number of ether oxygens (including phenoxy) is 2. The molecule has 0 aromatic heterocycles. The smallest absolute Gasteiger partial charge is 0.410 e. The maximum absolute atomic E-state index is 13.6. The molecular formula is C26H27N3O6. The van der Waals surface area contributed by atoms with Gasteiger partial charge in [-0.15, -0.1) is 0 Å². The zero-order valence-electron chi connectivity index (χ0n) is 19.5. The van der Waals surface area contributed by atoms with Gasteiger partial charge in [-0.1, -0.05) is 24.8 Å². The zero-order chi connectivity index (χ0) is 24.9. The number of nitro benzene ring substituents is 1. The maximum Gasteiger partial charge on any atom is 0.410 e. The van der Waals surface area contributed by atoms with Gasteiger partial charge >= 0.3 is 6.09 Å². The number of hydrogen-bond acceptors (Lipinski definition) is 6. The Morgan fingerprint density at radius 3 is 2.49 bits per heavy atom. The first kappa shape index (κ1) is 24.0. The molecule has 1 saturated heterocycles. The number of carbonyl (C=O) groups is 2. The Balaban J connectivity index is 1.63. The van der Waals surface area contributed by atoms with Gasteiger partial charge in [0.15, 0.2) is 0 Å². The number of fused-ring (bicyclic) bond motifs is 2. The highest BCUT2D eigenvalue weighted by atomic mass is 16.6. The summed E-state index contributed by atoms with van der Waals surface area (Å²) < 4.78 is 10.5. The maximum atomic E-state index is 13.6. The first-order chi connectivity index (χ1) is 16.9. The van der Waals surface area contributed by atoms with E-state index in [1.54, 1.807) is 16.9 Å². The molecule has 4 rings (SSSR count). The second-order valence-electron chi connectivity index (χ2n) is 8.48. The fraction of sp³-hybridized carbons (Fsp3) is 0.308. The lowest BCUT2D eigenvalue weighted by atomic mass is 10.0. The van der Waals surface area contributed by atoms with E-state index >= 15 is 0 Å². The summed E-state index contributed by atoms with van der Waals surface area (Å²) in [5, 5.41) is 11.0. The third kappa shape index (κ3) is 5.18. The van der Waals surface area contributed by atoms with Crippen LogP contribution >= 0.6 is 0 Å². The Bertz CT molecular complexity index is 1140. The number of carbonyl (C=O) groups excluding carboxylic acids is 2. The number of nitrogens with zero attached hydrogens (tertiary/aromatic N) is 3. The predicted octanol–water partition coefficient (Wildman–Crippen LogP) is 4.69. The van der Waals surface area contributed by atoms with Crippen LogP contribution in [0.15, 0.2) is 73.0 Å². The van der Waals surface area contributed by atoms with Crippen molar-refractivity contribution in [3.8, 4) is 5.75 Å². The zero-order valence-corrected chi connectivity index (χ0v) is 19.5. The average molecular weight is 478 g/mol. The van der Waals surface area contributed by atoms with Crippen molar-refractivity contribution in [3.63, 3.8) is 0 Å². The monoisotopic (exact) mass is 477 g/mol. The molecule has 2 atom stereocenters. The minimum Gasteiger partial charge on any atom is -0.497 e. The van der Waals surface area contributed by atoms with Gasteiger partial charge in [0.05, 0.1) is 24.6 Å². The number of rotatable bonds is 8. The van der Waals surface area contributed by atoms with E-state index in [0.29, 0.717) is 24.3 Å². The number of hydrogen-bond donors (Lipinski definition) is 0. The summed E-state index contributed by atoms with van der Waals surface area (Å²) in [5.74, 6) is 0.453. The Morgan fingerprint density at radius 2 is 1.89 bits per heavy atom. The molecule has 9 nitrogen and oxygen atoms in total. The van der Waals surface area contributed by atoms with Gasteiger partial charge in [0.25, 0.3) is 11.6 Å². The lowest BCUT2D eigenvalue weighted by Crippen LogP contribution is -2.46. The molecule has 1 fully saturated rings. The van der Waals surface area contributed by atoms with E-state index < -0.39 is 4.92 Å². The molecule has 182 valence electrons. The van der Waals surface area contributed by atoms with E-state index in [4.69, 9.17) is 9.47 Å². The molecule has 0 N–H and O–H groups in total. The molecule has 0 radical (unpaired) electrons. The van der Waals surface area contributed by atoms with Crippen LogP contribution in [0.25, 0.3) is 0 Å². The van der Waals surface area contributed by atoms with Crippen LogP contribution in [0.5, 0.6) is 5.75 Å². The number of methoxy groups -OCH3 is 1. The first-order valence-electron chi connectivity index (χ1n) is 11.4. The quantitative estimate of drug-likeness (QED) is 0.311. The van der Waals surface area contributed by atoms with Crippen LogP contribution < -0.4 is 4.74 Å². The minimum atomic E-state index is -0.495. The molecule has 2 aromatic rings. The van der Waals surface area contributed by atoms with Gasteiger partial charge in [0.2, 0.25) is 0 Å². The molecule has 35 heavy (non-hydrogen) atoms. The summed E-state index contributed by atoms with van der Waals surface area (Å²) >= 11 is 0. The fourth-order valence-electron chi connectivity index (χ4n) is 4.60. The van der Waals surface area contributed by atoms with Crippen molar-refractivity contribution in [2.75, 3.05) is 13.7 Å². The van der Waals surface area contributed by atoms with Crippen molar-refractivity contribution in [1.82, 2.24) is 9.80 Å².